The molecule has 0 amide bonds. The lowest BCUT2D eigenvalue weighted by atomic mass is 9.68. The minimum Gasteiger partial charge on any atom is -0.633 e. The maximum atomic E-state index is 13.0. The Bertz CT molecular complexity index is 658. The number of carbonyl (C=O) groups excluding carboxylic acids is 1. The number of rotatable bonds is 4. The van der Waals surface area contributed by atoms with Gasteiger partial charge in [0.1, 0.15) is 6.10 Å². The number of hydrogen-bond acceptors (Lipinski definition) is 5. The minimum atomic E-state index is -1.31. The number of likely N-dealkylation sites (tertiary alicyclic amines) is 2. The van der Waals surface area contributed by atoms with Crippen LogP contribution in [-0.2, 0) is 14.3 Å². The van der Waals surface area contributed by atoms with E-state index in [2.05, 4.69) is 0 Å². The zero-order valence-electron chi connectivity index (χ0n) is 19.1. The summed E-state index contributed by atoms with van der Waals surface area (Å²) in [5.74, 6) is -4.22. The fourth-order valence-corrected chi connectivity index (χ4v) is 4.98. The third-order valence-electron chi connectivity index (χ3n) is 8.81. The van der Waals surface area contributed by atoms with Crippen LogP contribution in [0.5, 0.6) is 0 Å². The lowest BCUT2D eigenvalue weighted by Crippen LogP contribution is -2.66. The molecule has 29 heavy (non-hydrogen) atoms. The summed E-state index contributed by atoms with van der Waals surface area (Å²) in [5, 5.41) is 35.4. The molecular weight excluding hydrogens is 376 g/mol. The van der Waals surface area contributed by atoms with E-state index in [4.69, 9.17) is 4.74 Å². The molecule has 7 unspecified atom stereocenters. The molecular formula is C21H38N2O6. The van der Waals surface area contributed by atoms with Crippen LogP contribution in [0, 0.1) is 34.1 Å². The zero-order valence-corrected chi connectivity index (χ0v) is 19.1. The van der Waals surface area contributed by atoms with Crippen LogP contribution in [0.4, 0.5) is 0 Å². The summed E-state index contributed by atoms with van der Waals surface area (Å²) in [7, 11) is 3.23. The molecule has 0 radical (unpaired) electrons. The Morgan fingerprint density at radius 2 is 1.41 bits per heavy atom. The molecule has 0 aliphatic carbocycles. The molecule has 8 nitrogen and oxygen atoms in total. The molecule has 0 aromatic carbocycles. The van der Waals surface area contributed by atoms with Gasteiger partial charge in [0.25, 0.3) is 0 Å². The van der Waals surface area contributed by atoms with Crippen LogP contribution in [0.15, 0.2) is 0 Å². The predicted molar refractivity (Wildman–Crippen MR) is 109 cm³/mol. The van der Waals surface area contributed by atoms with Crippen molar-refractivity contribution >= 4 is 11.9 Å². The maximum absolute atomic E-state index is 13.0. The third kappa shape index (κ3) is 3.92. The van der Waals surface area contributed by atoms with E-state index in [1.807, 2.05) is 41.5 Å². The van der Waals surface area contributed by atoms with E-state index < -0.39 is 50.2 Å². The number of ether oxygens (including phenoxy) is 1. The quantitative estimate of drug-likeness (QED) is 0.328. The molecule has 0 aromatic heterocycles. The second kappa shape index (κ2) is 7.48. The van der Waals surface area contributed by atoms with Crippen molar-refractivity contribution < 1.29 is 28.7 Å². The summed E-state index contributed by atoms with van der Waals surface area (Å²) in [6.07, 6.45) is 0.272. The fraction of sp³-hybridized carbons (Fsp3) is 0.905. The van der Waals surface area contributed by atoms with Crippen molar-refractivity contribution in [3.05, 3.63) is 10.4 Å². The third-order valence-corrected chi connectivity index (χ3v) is 8.81. The molecule has 2 aliphatic rings. The standard InChI is InChI=1S/C21H38N2O6/c1-13-15(9-11-22(7,27)20(13,3)4)17(18(24)25)19(26)29-16-10-12-23(8,28)21(5,6)14(16)2/h13-17H,9-12H2,1-8H3,(H,24,25). The SMILES string of the molecule is CC1C(OC(=O)C(C(=O)O)C2CC[N+](C)([O-])C(C)(C)C2C)CC[N+](C)([O-])C1(C)C. The Kier molecular flexibility index (Phi) is 6.20. The van der Waals surface area contributed by atoms with Gasteiger partial charge in [0.15, 0.2) is 5.92 Å². The number of aliphatic carboxylic acids is 1. The van der Waals surface area contributed by atoms with Gasteiger partial charge in [0.05, 0.1) is 38.3 Å². The molecule has 0 aromatic rings. The van der Waals surface area contributed by atoms with Gasteiger partial charge in [-0.05, 0) is 33.6 Å². The largest absolute Gasteiger partial charge is 0.633 e. The molecule has 8 heteroatoms. The summed E-state index contributed by atoms with van der Waals surface area (Å²) in [4.78, 5) is 25.1. The van der Waals surface area contributed by atoms with Crippen molar-refractivity contribution in [3.63, 3.8) is 0 Å². The smallest absolute Gasteiger partial charge is 0.320 e. The average molecular weight is 415 g/mol. The molecule has 0 saturated carbocycles. The van der Waals surface area contributed by atoms with Gasteiger partial charge in [-0.25, -0.2) is 0 Å². The first-order chi connectivity index (χ1) is 13.0. The number of carboxylic acid groups (broad SMARTS) is 1. The number of hydroxylamine groups is 6. The Balaban J connectivity index is 2.22. The van der Waals surface area contributed by atoms with E-state index in [1.54, 1.807) is 14.1 Å². The van der Waals surface area contributed by atoms with Crippen molar-refractivity contribution in [3.8, 4) is 0 Å². The normalized spacial score (nSPS) is 42.7. The van der Waals surface area contributed by atoms with Crippen LogP contribution < -0.4 is 0 Å². The summed E-state index contributed by atoms with van der Waals surface area (Å²) in [6.45, 7) is 11.7. The number of piperidine rings is 2. The molecule has 0 spiro atoms. The molecule has 2 fully saturated rings. The fourth-order valence-electron chi connectivity index (χ4n) is 4.98. The van der Waals surface area contributed by atoms with E-state index in [9.17, 15) is 25.1 Å². The highest BCUT2D eigenvalue weighted by atomic mass is 16.6. The molecule has 1 N–H and O–H groups in total. The van der Waals surface area contributed by atoms with Crippen LogP contribution in [0.3, 0.4) is 0 Å². The summed E-state index contributed by atoms with van der Waals surface area (Å²) < 4.78 is 4.85. The molecule has 7 atom stereocenters. The van der Waals surface area contributed by atoms with Gasteiger partial charge in [0, 0.05) is 24.7 Å². The molecule has 168 valence electrons. The van der Waals surface area contributed by atoms with Crippen LogP contribution in [0.2, 0.25) is 0 Å². The van der Waals surface area contributed by atoms with E-state index in [0.717, 1.165) is 0 Å². The first-order valence-corrected chi connectivity index (χ1v) is 10.5. The lowest BCUT2D eigenvalue weighted by molar-refractivity contribution is -0.922. The van der Waals surface area contributed by atoms with Crippen LogP contribution in [0.1, 0.15) is 54.4 Å². The van der Waals surface area contributed by atoms with Crippen molar-refractivity contribution in [2.24, 2.45) is 23.7 Å². The topological polar surface area (TPSA) is 110 Å². The Hall–Kier alpha value is -1.22. The van der Waals surface area contributed by atoms with Crippen LogP contribution in [0.25, 0.3) is 0 Å². The van der Waals surface area contributed by atoms with Gasteiger partial charge in [-0.15, -0.1) is 0 Å². The van der Waals surface area contributed by atoms with Gasteiger partial charge >= 0.3 is 11.9 Å². The second-order valence-electron chi connectivity index (χ2n) is 10.6. The number of hydrogen-bond donors (Lipinski definition) is 1. The van der Waals surface area contributed by atoms with E-state index in [-0.39, 0.29) is 18.4 Å². The van der Waals surface area contributed by atoms with Gasteiger partial charge in [-0.2, -0.15) is 0 Å². The van der Waals surface area contributed by atoms with Crippen LogP contribution in [-0.4, -0.2) is 70.7 Å². The number of carboxylic acids is 1. The van der Waals surface area contributed by atoms with Crippen molar-refractivity contribution in [1.82, 2.24) is 0 Å². The summed E-state index contributed by atoms with van der Waals surface area (Å²) in [5.41, 5.74) is -1.36. The zero-order chi connectivity index (χ0) is 22.6. The molecule has 2 rings (SSSR count). The highest BCUT2D eigenvalue weighted by Crippen LogP contribution is 2.45. The highest BCUT2D eigenvalue weighted by molar-refractivity contribution is 5.94. The van der Waals surface area contributed by atoms with E-state index >= 15 is 0 Å². The molecule has 0 bridgehead atoms. The Morgan fingerprint density at radius 1 is 0.966 bits per heavy atom. The second-order valence-corrected chi connectivity index (χ2v) is 10.6. The first-order valence-electron chi connectivity index (χ1n) is 10.5. The Labute approximate surface area is 174 Å². The number of carbonyl (C=O) groups is 2. The van der Waals surface area contributed by atoms with E-state index in [1.165, 1.54) is 0 Å². The number of esters is 1. The maximum Gasteiger partial charge on any atom is 0.320 e. The Morgan fingerprint density at radius 3 is 1.90 bits per heavy atom. The average Bonchev–Trinajstić information content (AvgIpc) is 2.57. The van der Waals surface area contributed by atoms with Crippen molar-refractivity contribution in [1.29, 1.82) is 0 Å². The number of nitrogens with zero attached hydrogens (tertiary/aromatic N) is 2. The predicted octanol–water partition coefficient (Wildman–Crippen LogP) is 2.74. The lowest BCUT2D eigenvalue weighted by Gasteiger charge is -2.60. The monoisotopic (exact) mass is 414 g/mol. The summed E-state index contributed by atoms with van der Waals surface area (Å²) in [6, 6.07) is 0. The van der Waals surface area contributed by atoms with Gasteiger partial charge < -0.3 is 29.6 Å². The number of quaternary nitrogens is 2. The molecule has 2 aliphatic heterocycles. The summed E-state index contributed by atoms with van der Waals surface area (Å²) >= 11 is 0. The van der Waals surface area contributed by atoms with Gasteiger partial charge in [-0.3, -0.25) is 9.59 Å². The van der Waals surface area contributed by atoms with Gasteiger partial charge in [-0.1, -0.05) is 13.8 Å². The molecule has 2 heterocycles. The first kappa shape index (κ1) is 24.1. The van der Waals surface area contributed by atoms with Crippen LogP contribution >= 0.6 is 0 Å². The minimum absolute atomic E-state index is 0.209. The molecule has 2 saturated heterocycles. The van der Waals surface area contributed by atoms with Gasteiger partial charge in [0.2, 0.25) is 0 Å². The van der Waals surface area contributed by atoms with Crippen molar-refractivity contribution in [2.75, 3.05) is 27.2 Å². The van der Waals surface area contributed by atoms with E-state index in [0.29, 0.717) is 19.4 Å². The van der Waals surface area contributed by atoms with Crippen molar-refractivity contribution in [2.45, 2.75) is 71.6 Å². The highest BCUT2D eigenvalue weighted by Gasteiger charge is 2.54.